The Bertz CT molecular complexity index is 947. The number of aromatic nitrogens is 2. The summed E-state index contributed by atoms with van der Waals surface area (Å²) in [4.78, 5) is 0. The average molecular weight is 431 g/mol. The van der Waals surface area contributed by atoms with Crippen LogP contribution in [0.3, 0.4) is 0 Å². The number of H-pyrrole nitrogens is 1. The van der Waals surface area contributed by atoms with E-state index in [1.54, 1.807) is 0 Å². The van der Waals surface area contributed by atoms with E-state index in [-0.39, 0.29) is 0 Å². The van der Waals surface area contributed by atoms with Gasteiger partial charge in [0.15, 0.2) is 0 Å². The lowest BCUT2D eigenvalue weighted by Gasteiger charge is -2.15. The molecular formula is C22H30N4O3S. The Balaban J connectivity index is 1.44. The summed E-state index contributed by atoms with van der Waals surface area (Å²) in [7, 11) is 0. The lowest BCUT2D eigenvalue weighted by molar-refractivity contribution is 0.172. The monoisotopic (exact) mass is 430 g/mol. The number of anilines is 1. The van der Waals surface area contributed by atoms with Crippen molar-refractivity contribution in [2.75, 3.05) is 30.2 Å². The van der Waals surface area contributed by atoms with E-state index in [0.717, 1.165) is 33.6 Å². The summed E-state index contributed by atoms with van der Waals surface area (Å²) in [6.45, 7) is 7.59. The Kier molecular flexibility index (Phi) is 7.98. The van der Waals surface area contributed by atoms with Crippen molar-refractivity contribution in [1.29, 1.82) is 0 Å². The molecule has 0 radical (unpaired) electrons. The predicted molar refractivity (Wildman–Crippen MR) is 122 cm³/mol. The molecule has 0 amide bonds. The van der Waals surface area contributed by atoms with Crippen molar-refractivity contribution in [3.05, 3.63) is 53.7 Å². The van der Waals surface area contributed by atoms with Crippen LogP contribution in [0.25, 0.3) is 10.9 Å². The minimum Gasteiger partial charge on any atom is -0.593 e. The normalized spacial score (nSPS) is 13.5. The third-order valence-corrected chi connectivity index (χ3v) is 5.75. The molecule has 0 fully saturated rings. The van der Waals surface area contributed by atoms with E-state index in [9.17, 15) is 9.66 Å². The van der Waals surface area contributed by atoms with Gasteiger partial charge in [0, 0.05) is 24.5 Å². The minimum atomic E-state index is -1.11. The lowest BCUT2D eigenvalue weighted by atomic mass is 10.1. The largest absolute Gasteiger partial charge is 0.593 e. The second-order valence-corrected chi connectivity index (χ2v) is 8.87. The molecule has 7 nitrogen and oxygen atoms in total. The number of nitrogens with one attached hydrogen (secondary N) is 3. The maximum Gasteiger partial charge on any atom is 0.128 e. The molecule has 162 valence electrons. The number of aromatic amines is 1. The number of aliphatic hydroxyl groups is 1. The van der Waals surface area contributed by atoms with E-state index in [1.165, 1.54) is 0 Å². The molecule has 1 heterocycles. The summed E-state index contributed by atoms with van der Waals surface area (Å²) in [5.41, 5.74) is 3.54. The van der Waals surface area contributed by atoms with Gasteiger partial charge in [-0.25, -0.2) is 4.72 Å². The summed E-state index contributed by atoms with van der Waals surface area (Å²) < 4.78 is 20.4. The SMILES string of the molecule is CC[S@+]([O-])Nc1cccc([C@@H](O)CNCCOc2ccc3c(C(C)C)n[nH]c3c2)c1. The zero-order valence-electron chi connectivity index (χ0n) is 17.6. The van der Waals surface area contributed by atoms with Crippen molar-refractivity contribution >= 4 is 28.0 Å². The van der Waals surface area contributed by atoms with Crippen LogP contribution in [0.2, 0.25) is 0 Å². The zero-order chi connectivity index (χ0) is 21.5. The number of ether oxygens (including phenoxy) is 1. The fraction of sp³-hybridized carbons (Fsp3) is 0.409. The lowest BCUT2D eigenvalue weighted by Crippen LogP contribution is -2.26. The molecule has 0 saturated carbocycles. The highest BCUT2D eigenvalue weighted by Crippen LogP contribution is 2.26. The molecule has 3 aromatic rings. The molecule has 0 spiro atoms. The molecule has 2 atom stereocenters. The summed E-state index contributed by atoms with van der Waals surface area (Å²) in [6, 6.07) is 13.3. The van der Waals surface area contributed by atoms with Gasteiger partial charge < -0.3 is 19.7 Å². The van der Waals surface area contributed by atoms with Gasteiger partial charge in [-0.3, -0.25) is 5.10 Å². The number of benzene rings is 2. The highest BCUT2D eigenvalue weighted by molar-refractivity contribution is 7.92. The third kappa shape index (κ3) is 5.89. The van der Waals surface area contributed by atoms with E-state index < -0.39 is 17.5 Å². The smallest absolute Gasteiger partial charge is 0.128 e. The molecule has 2 aromatic carbocycles. The van der Waals surface area contributed by atoms with Gasteiger partial charge in [0.1, 0.15) is 18.1 Å². The number of aliphatic hydroxyl groups excluding tert-OH is 1. The van der Waals surface area contributed by atoms with Crippen molar-refractivity contribution in [1.82, 2.24) is 15.5 Å². The van der Waals surface area contributed by atoms with Crippen LogP contribution < -0.4 is 14.8 Å². The maximum absolute atomic E-state index is 11.6. The summed E-state index contributed by atoms with van der Waals surface area (Å²) in [5, 5.41) is 22.2. The van der Waals surface area contributed by atoms with E-state index in [4.69, 9.17) is 4.74 Å². The van der Waals surface area contributed by atoms with Gasteiger partial charge >= 0.3 is 0 Å². The molecule has 1 aromatic heterocycles. The maximum atomic E-state index is 11.6. The van der Waals surface area contributed by atoms with Crippen LogP contribution in [0.4, 0.5) is 5.69 Å². The number of hydrogen-bond donors (Lipinski definition) is 4. The fourth-order valence-corrected chi connectivity index (χ4v) is 3.69. The van der Waals surface area contributed by atoms with Crippen molar-refractivity contribution < 1.29 is 14.4 Å². The molecule has 0 aliphatic carbocycles. The molecule has 0 bridgehead atoms. The Morgan fingerprint density at radius 3 is 2.83 bits per heavy atom. The van der Waals surface area contributed by atoms with Crippen LogP contribution in [0.5, 0.6) is 5.75 Å². The van der Waals surface area contributed by atoms with Gasteiger partial charge in [-0.2, -0.15) is 5.10 Å². The molecular weight excluding hydrogens is 400 g/mol. The van der Waals surface area contributed by atoms with Crippen LogP contribution in [0, 0.1) is 0 Å². The van der Waals surface area contributed by atoms with Crippen molar-refractivity contribution in [3.8, 4) is 5.75 Å². The molecule has 0 saturated heterocycles. The second kappa shape index (κ2) is 10.7. The topological polar surface area (TPSA) is 105 Å². The number of rotatable bonds is 11. The van der Waals surface area contributed by atoms with E-state index in [2.05, 4.69) is 34.1 Å². The highest BCUT2D eigenvalue weighted by atomic mass is 32.2. The van der Waals surface area contributed by atoms with Crippen molar-refractivity contribution in [2.45, 2.75) is 32.8 Å². The molecule has 0 aliphatic rings. The highest BCUT2D eigenvalue weighted by Gasteiger charge is 2.11. The first kappa shape index (κ1) is 22.4. The quantitative estimate of drug-likeness (QED) is 0.274. The zero-order valence-corrected chi connectivity index (χ0v) is 18.5. The molecule has 0 aliphatic heterocycles. The van der Waals surface area contributed by atoms with E-state index >= 15 is 0 Å². The molecule has 3 rings (SSSR count). The van der Waals surface area contributed by atoms with E-state index in [0.29, 0.717) is 31.4 Å². The first-order valence-corrected chi connectivity index (χ1v) is 11.5. The second-order valence-electron chi connectivity index (χ2n) is 7.40. The Morgan fingerprint density at radius 2 is 2.07 bits per heavy atom. The van der Waals surface area contributed by atoms with Crippen LogP contribution in [-0.4, -0.2) is 45.3 Å². The van der Waals surface area contributed by atoms with Gasteiger partial charge in [0.2, 0.25) is 0 Å². The minimum absolute atomic E-state index is 0.367. The van der Waals surface area contributed by atoms with Crippen LogP contribution in [0.1, 0.15) is 44.1 Å². The van der Waals surface area contributed by atoms with Gasteiger partial charge in [-0.05, 0) is 42.7 Å². The van der Waals surface area contributed by atoms with Gasteiger partial charge in [0.05, 0.1) is 34.4 Å². The molecule has 30 heavy (non-hydrogen) atoms. The van der Waals surface area contributed by atoms with E-state index in [1.807, 2.05) is 49.4 Å². The number of nitrogens with zero attached hydrogens (tertiary/aromatic N) is 1. The average Bonchev–Trinajstić information content (AvgIpc) is 3.17. The first-order chi connectivity index (χ1) is 14.5. The standard InChI is InChI=1S/C22H30N4O3S/c1-4-30(28)26-17-7-5-6-16(12-17)21(27)14-23-10-11-29-18-8-9-19-20(13-18)24-25-22(19)15(2)3/h5-9,12-13,15,21,23,26-27H,4,10-11,14H2,1-3H3,(H,24,25)/t21-,30-/m0/s1. The van der Waals surface area contributed by atoms with Crippen LogP contribution in [-0.2, 0) is 11.4 Å². The Labute approximate surface area is 180 Å². The molecule has 8 heteroatoms. The Hall–Kier alpha value is -2.26. The summed E-state index contributed by atoms with van der Waals surface area (Å²) in [6.07, 6.45) is -0.655. The van der Waals surface area contributed by atoms with Gasteiger partial charge in [-0.1, -0.05) is 26.0 Å². The fourth-order valence-electron chi connectivity index (χ4n) is 3.16. The van der Waals surface area contributed by atoms with Gasteiger partial charge in [-0.15, -0.1) is 0 Å². The summed E-state index contributed by atoms with van der Waals surface area (Å²) >= 11 is -1.11. The summed E-state index contributed by atoms with van der Waals surface area (Å²) in [5.74, 6) is 1.68. The predicted octanol–water partition coefficient (Wildman–Crippen LogP) is 3.48. The third-order valence-electron chi connectivity index (χ3n) is 4.76. The van der Waals surface area contributed by atoms with Gasteiger partial charge in [0.25, 0.3) is 0 Å². The number of hydrogen-bond acceptors (Lipinski definition) is 6. The number of fused-ring (bicyclic) bond motifs is 1. The Morgan fingerprint density at radius 1 is 1.23 bits per heavy atom. The molecule has 0 unspecified atom stereocenters. The van der Waals surface area contributed by atoms with Crippen LogP contribution >= 0.6 is 0 Å². The van der Waals surface area contributed by atoms with Crippen molar-refractivity contribution in [2.24, 2.45) is 0 Å². The molecule has 4 N–H and O–H groups in total. The van der Waals surface area contributed by atoms with Crippen molar-refractivity contribution in [3.63, 3.8) is 0 Å². The van der Waals surface area contributed by atoms with Crippen LogP contribution in [0.15, 0.2) is 42.5 Å². The first-order valence-electron chi connectivity index (χ1n) is 10.2.